The van der Waals surface area contributed by atoms with E-state index < -0.39 is 29.0 Å². The van der Waals surface area contributed by atoms with Crippen LogP contribution in [0.4, 0.5) is 18.9 Å². The number of nitrogens with one attached hydrogen (secondary N) is 1. The molecule has 2 unspecified atom stereocenters. The van der Waals surface area contributed by atoms with Crippen molar-refractivity contribution in [3.8, 4) is 0 Å². The van der Waals surface area contributed by atoms with Gasteiger partial charge < -0.3 is 15.3 Å². The van der Waals surface area contributed by atoms with Crippen LogP contribution in [0.15, 0.2) is 29.2 Å². The summed E-state index contributed by atoms with van der Waals surface area (Å²) >= 11 is 0.0980. The number of carbonyl (C=O) groups excluding carboxylic acids is 2. The Kier molecular flexibility index (Phi) is 4.14. The SMILES string of the molecule is CC(=O)N(C)C1C(=O)Nc2ccccc2SC1(O)C(F)(F)F. The number of carbonyl (C=O) groups is 2. The molecule has 1 heterocycles. The highest BCUT2D eigenvalue weighted by Gasteiger charge is 2.64. The van der Waals surface area contributed by atoms with Crippen LogP contribution in [0.25, 0.3) is 0 Å². The van der Waals surface area contributed by atoms with Crippen molar-refractivity contribution in [3.63, 3.8) is 0 Å². The number of halogens is 3. The zero-order chi connectivity index (χ0) is 16.7. The fourth-order valence-corrected chi connectivity index (χ4v) is 3.30. The molecule has 0 aromatic heterocycles. The highest BCUT2D eigenvalue weighted by atomic mass is 32.2. The van der Waals surface area contributed by atoms with Crippen molar-refractivity contribution in [2.45, 2.75) is 29.0 Å². The Morgan fingerprint density at radius 1 is 1.41 bits per heavy atom. The number of thioether (sulfide) groups is 1. The zero-order valence-corrected chi connectivity index (χ0v) is 12.5. The predicted octanol–water partition coefficient (Wildman–Crippen LogP) is 1.83. The van der Waals surface area contributed by atoms with Crippen LogP contribution in [-0.2, 0) is 9.59 Å². The molecule has 0 bridgehead atoms. The van der Waals surface area contributed by atoms with Gasteiger partial charge in [0.25, 0.3) is 5.91 Å². The zero-order valence-electron chi connectivity index (χ0n) is 11.6. The quantitative estimate of drug-likeness (QED) is 0.822. The third-order valence-electron chi connectivity index (χ3n) is 3.32. The molecule has 2 rings (SSSR count). The van der Waals surface area contributed by atoms with E-state index in [2.05, 4.69) is 5.32 Å². The summed E-state index contributed by atoms with van der Waals surface area (Å²) in [6.45, 7) is 1.02. The molecule has 0 radical (unpaired) electrons. The van der Waals surface area contributed by atoms with Crippen LogP contribution in [0, 0.1) is 0 Å². The van der Waals surface area contributed by atoms with Crippen LogP contribution in [-0.4, -0.2) is 46.0 Å². The Balaban J connectivity index is 2.62. The molecule has 1 aliphatic heterocycles. The van der Waals surface area contributed by atoms with Crippen molar-refractivity contribution >= 4 is 29.3 Å². The number of amides is 2. The van der Waals surface area contributed by atoms with E-state index in [1.807, 2.05) is 0 Å². The number of rotatable bonds is 1. The first-order valence-electron chi connectivity index (χ1n) is 6.19. The lowest BCUT2D eigenvalue weighted by Gasteiger charge is -2.38. The molecule has 0 aliphatic carbocycles. The van der Waals surface area contributed by atoms with Gasteiger partial charge in [0.1, 0.15) is 0 Å². The number of para-hydroxylation sites is 1. The normalized spacial score (nSPS) is 25.0. The monoisotopic (exact) mass is 334 g/mol. The summed E-state index contributed by atoms with van der Waals surface area (Å²) in [7, 11) is 1.04. The van der Waals surface area contributed by atoms with E-state index >= 15 is 0 Å². The van der Waals surface area contributed by atoms with Gasteiger partial charge in [0.15, 0.2) is 6.04 Å². The molecule has 2 amide bonds. The molecular weight excluding hydrogens is 321 g/mol. The van der Waals surface area contributed by atoms with Gasteiger partial charge in [0.05, 0.1) is 5.69 Å². The molecule has 0 fully saturated rings. The summed E-state index contributed by atoms with van der Waals surface area (Å²) in [4.78, 5) is 20.8. The highest BCUT2D eigenvalue weighted by Crippen LogP contribution is 2.50. The molecule has 0 saturated carbocycles. The lowest BCUT2D eigenvalue weighted by atomic mass is 10.1. The standard InChI is InChI=1S/C13H13F3N2O3S/c1-7(19)18(2)10-11(20)17-8-5-3-4-6-9(8)22-12(10,21)13(14,15)16/h3-6,10,21H,1-2H3,(H,17,20). The first kappa shape index (κ1) is 16.6. The molecule has 120 valence electrons. The summed E-state index contributed by atoms with van der Waals surface area (Å²) in [5.41, 5.74) is 0.152. The van der Waals surface area contributed by atoms with Gasteiger partial charge in [0.2, 0.25) is 10.8 Å². The molecule has 0 saturated heterocycles. The van der Waals surface area contributed by atoms with Gasteiger partial charge in [-0.3, -0.25) is 9.59 Å². The maximum absolute atomic E-state index is 13.5. The van der Waals surface area contributed by atoms with Crippen molar-refractivity contribution in [2.75, 3.05) is 12.4 Å². The minimum Gasteiger partial charge on any atom is -0.369 e. The molecule has 2 atom stereocenters. The maximum Gasteiger partial charge on any atom is 0.429 e. The average molecular weight is 334 g/mol. The third-order valence-corrected chi connectivity index (χ3v) is 4.66. The van der Waals surface area contributed by atoms with Gasteiger partial charge in [-0.25, -0.2) is 0 Å². The summed E-state index contributed by atoms with van der Waals surface area (Å²) < 4.78 is 40.4. The topological polar surface area (TPSA) is 69.6 Å². The van der Waals surface area contributed by atoms with E-state index in [0.717, 1.165) is 14.0 Å². The minimum atomic E-state index is -5.12. The number of benzene rings is 1. The Hall–Kier alpha value is -1.74. The van der Waals surface area contributed by atoms with Crippen molar-refractivity contribution in [1.29, 1.82) is 0 Å². The summed E-state index contributed by atoms with van der Waals surface area (Å²) in [6.07, 6.45) is -5.12. The molecule has 1 aliphatic rings. The van der Waals surface area contributed by atoms with Crippen molar-refractivity contribution in [3.05, 3.63) is 24.3 Å². The van der Waals surface area contributed by atoms with E-state index in [-0.39, 0.29) is 22.3 Å². The van der Waals surface area contributed by atoms with Crippen LogP contribution in [0.2, 0.25) is 0 Å². The molecule has 5 nitrogen and oxygen atoms in total. The molecule has 22 heavy (non-hydrogen) atoms. The first-order chi connectivity index (χ1) is 10.1. The lowest BCUT2D eigenvalue weighted by molar-refractivity contribution is -0.235. The number of anilines is 1. The predicted molar refractivity (Wildman–Crippen MR) is 74.2 cm³/mol. The highest BCUT2D eigenvalue weighted by molar-refractivity contribution is 8.00. The van der Waals surface area contributed by atoms with Crippen LogP contribution in [0.5, 0.6) is 0 Å². The van der Waals surface area contributed by atoms with Gasteiger partial charge in [0, 0.05) is 18.9 Å². The number of alkyl halides is 3. The second kappa shape index (κ2) is 5.47. The lowest BCUT2D eigenvalue weighted by Crippen LogP contribution is -2.62. The molecule has 0 spiro atoms. The molecule has 1 aromatic carbocycles. The fourth-order valence-electron chi connectivity index (χ4n) is 2.09. The first-order valence-corrected chi connectivity index (χ1v) is 7.01. The smallest absolute Gasteiger partial charge is 0.369 e. The van der Waals surface area contributed by atoms with Crippen molar-refractivity contribution in [2.24, 2.45) is 0 Å². The van der Waals surface area contributed by atoms with Gasteiger partial charge >= 0.3 is 6.18 Å². The third kappa shape index (κ3) is 2.66. The van der Waals surface area contributed by atoms with Crippen LogP contribution >= 0.6 is 11.8 Å². The van der Waals surface area contributed by atoms with Gasteiger partial charge in [-0.2, -0.15) is 13.2 Å². The van der Waals surface area contributed by atoms with Gasteiger partial charge in [-0.05, 0) is 12.1 Å². The minimum absolute atomic E-state index is 0.0649. The number of hydrogen-bond acceptors (Lipinski definition) is 4. The Morgan fingerprint density at radius 2 is 2.00 bits per heavy atom. The second-order valence-corrected chi connectivity index (χ2v) is 6.08. The maximum atomic E-state index is 13.5. The number of hydrogen-bond donors (Lipinski definition) is 2. The van der Waals surface area contributed by atoms with Crippen LogP contribution in [0.1, 0.15) is 6.92 Å². The number of fused-ring (bicyclic) bond motifs is 1. The van der Waals surface area contributed by atoms with E-state index in [1.54, 1.807) is 6.07 Å². The Morgan fingerprint density at radius 3 is 2.55 bits per heavy atom. The van der Waals surface area contributed by atoms with E-state index in [0.29, 0.717) is 4.90 Å². The van der Waals surface area contributed by atoms with Gasteiger partial charge in [-0.1, -0.05) is 23.9 Å². The number of likely N-dealkylation sites (N-methyl/N-ethyl adjacent to an activating group) is 1. The summed E-state index contributed by atoms with van der Waals surface area (Å²) in [6, 6.07) is 3.70. The van der Waals surface area contributed by atoms with Crippen LogP contribution < -0.4 is 5.32 Å². The van der Waals surface area contributed by atoms with Gasteiger partial charge in [-0.15, -0.1) is 0 Å². The summed E-state index contributed by atoms with van der Waals surface area (Å²) in [5, 5.41) is 12.6. The molecular formula is C13H13F3N2O3S. The number of nitrogens with zero attached hydrogens (tertiary/aromatic N) is 1. The fraction of sp³-hybridized carbons (Fsp3) is 0.385. The summed E-state index contributed by atoms with van der Waals surface area (Å²) in [5.74, 6) is -1.87. The van der Waals surface area contributed by atoms with E-state index in [4.69, 9.17) is 0 Å². The average Bonchev–Trinajstić information content (AvgIpc) is 2.50. The van der Waals surface area contributed by atoms with Crippen molar-refractivity contribution < 1.29 is 27.9 Å². The molecule has 2 N–H and O–H groups in total. The Bertz CT molecular complexity index is 623. The molecule has 1 aromatic rings. The van der Waals surface area contributed by atoms with Crippen LogP contribution in [0.3, 0.4) is 0 Å². The second-order valence-electron chi connectivity index (χ2n) is 4.81. The Labute approximate surface area is 128 Å². The number of aliphatic hydroxyl groups is 1. The van der Waals surface area contributed by atoms with E-state index in [9.17, 15) is 27.9 Å². The molecule has 9 heteroatoms. The largest absolute Gasteiger partial charge is 0.429 e. The van der Waals surface area contributed by atoms with Crippen molar-refractivity contribution in [1.82, 2.24) is 4.90 Å². The van der Waals surface area contributed by atoms with E-state index in [1.165, 1.54) is 18.2 Å².